The Morgan fingerprint density at radius 3 is 2.31 bits per heavy atom. The van der Waals surface area contributed by atoms with E-state index in [0.717, 1.165) is 16.9 Å². The molecule has 1 fully saturated rings. The average molecular weight is 768 g/mol. The Bertz CT molecular complexity index is 1990. The molecular weight excluding hydrogens is 730 g/mol. The van der Waals surface area contributed by atoms with Crippen LogP contribution < -0.4 is 9.80 Å². The second-order valence-corrected chi connectivity index (χ2v) is 16.0. The Kier molecular flexibility index (Phi) is 12.8. The normalized spacial score (nSPS) is 19.6. The van der Waals surface area contributed by atoms with Crippen LogP contribution in [0.4, 0.5) is 11.4 Å². The zero-order valence-electron chi connectivity index (χ0n) is 28.0. The Labute approximate surface area is 324 Å². The molecule has 274 valence electrons. The van der Waals surface area contributed by atoms with Crippen LogP contribution in [0.5, 0.6) is 0 Å². The standard InChI is InChI=1S/C34H37N3O12S2.Na.H/c1-34(2)24-19-22(35(3)31(40)20-48-21-32(41)49-37-29(38)15-16-30(37)39)13-14-25(24)36(17-8-18-50(43,44)45)28(34)12-7-6-11-27-33(42)23-9-4-5-10-26(23)51(27,46)47;;/h4-7,9-14,19,46-47H,8,15-18,20-21H2,1-3H3,(H,43,44,45);;. The van der Waals surface area contributed by atoms with Crippen molar-refractivity contribution in [3.05, 3.63) is 88.5 Å². The monoisotopic (exact) mass is 767 g/mol. The van der Waals surface area contributed by atoms with E-state index in [1.807, 2.05) is 18.7 Å². The van der Waals surface area contributed by atoms with Gasteiger partial charge >= 0.3 is 35.5 Å². The molecule has 0 atom stereocenters. The molecule has 3 amide bonds. The minimum atomic E-state index is -4.22. The van der Waals surface area contributed by atoms with E-state index in [4.69, 9.17) is 9.57 Å². The summed E-state index contributed by atoms with van der Waals surface area (Å²) in [5.41, 5.74) is 2.23. The van der Waals surface area contributed by atoms with Crippen molar-refractivity contribution in [1.82, 2.24) is 5.06 Å². The number of allylic oxidation sites excluding steroid dienone is 6. The molecule has 5 rings (SSSR count). The molecule has 0 aliphatic carbocycles. The van der Waals surface area contributed by atoms with Gasteiger partial charge in [0.05, 0.1) is 10.6 Å². The number of hydrogen-bond acceptors (Lipinski definition) is 12. The third-order valence-electron chi connectivity index (χ3n) is 8.65. The molecule has 0 aromatic heterocycles. The summed E-state index contributed by atoms with van der Waals surface area (Å²) in [6, 6.07) is 11.5. The fourth-order valence-electron chi connectivity index (χ4n) is 6.01. The molecule has 0 bridgehead atoms. The number of carbonyl (C=O) groups is 5. The molecule has 3 N–H and O–H groups in total. The summed E-state index contributed by atoms with van der Waals surface area (Å²) in [6.45, 7) is 2.87. The van der Waals surface area contributed by atoms with Gasteiger partial charge in [-0.1, -0.05) is 38.1 Å². The molecule has 0 saturated carbocycles. The van der Waals surface area contributed by atoms with Gasteiger partial charge in [-0.3, -0.25) is 32.8 Å². The van der Waals surface area contributed by atoms with E-state index in [1.165, 1.54) is 36.2 Å². The van der Waals surface area contributed by atoms with Gasteiger partial charge in [-0.15, -0.1) is 15.7 Å². The Balaban J connectivity index is 0.00000605. The van der Waals surface area contributed by atoms with Gasteiger partial charge in [-0.05, 0) is 54.5 Å². The first-order valence-electron chi connectivity index (χ1n) is 15.7. The molecule has 15 nitrogen and oxygen atoms in total. The number of hydroxylamine groups is 2. The summed E-state index contributed by atoms with van der Waals surface area (Å²) in [5, 5.41) is 0.388. The Morgan fingerprint density at radius 2 is 1.65 bits per heavy atom. The molecular formula is C34H38N3NaO12S2. The van der Waals surface area contributed by atoms with Gasteiger partial charge in [0.25, 0.3) is 27.8 Å². The van der Waals surface area contributed by atoms with E-state index in [-0.39, 0.29) is 70.7 Å². The number of Topliss-reactive ketones (excluding diaryl/α,β-unsaturated/α-hetero) is 1. The maximum absolute atomic E-state index is 13.0. The van der Waals surface area contributed by atoms with Gasteiger partial charge in [0, 0.05) is 54.5 Å². The Hall–Kier alpha value is -3.65. The zero-order valence-corrected chi connectivity index (χ0v) is 29.6. The zero-order chi connectivity index (χ0) is 37.3. The van der Waals surface area contributed by atoms with E-state index < -0.39 is 74.6 Å². The van der Waals surface area contributed by atoms with Gasteiger partial charge in [0.1, 0.15) is 18.1 Å². The van der Waals surface area contributed by atoms with Gasteiger partial charge in [0.15, 0.2) is 0 Å². The van der Waals surface area contributed by atoms with Crippen LogP contribution in [0.25, 0.3) is 0 Å². The molecule has 0 spiro atoms. The van der Waals surface area contributed by atoms with E-state index in [1.54, 1.807) is 42.5 Å². The second kappa shape index (κ2) is 16.2. The van der Waals surface area contributed by atoms with Crippen LogP contribution in [0.2, 0.25) is 0 Å². The van der Waals surface area contributed by atoms with Crippen molar-refractivity contribution in [3.8, 4) is 0 Å². The topological polar surface area (TPSA) is 208 Å². The van der Waals surface area contributed by atoms with Crippen molar-refractivity contribution in [3.63, 3.8) is 0 Å². The first-order valence-corrected chi connectivity index (χ1v) is 18.9. The number of amides is 3. The number of imide groups is 1. The molecule has 1 saturated heterocycles. The molecule has 2 aromatic carbocycles. The molecule has 52 heavy (non-hydrogen) atoms. The van der Waals surface area contributed by atoms with Crippen LogP contribution in [0.1, 0.15) is 49.0 Å². The summed E-state index contributed by atoms with van der Waals surface area (Å²) < 4.78 is 59.1. The first-order chi connectivity index (χ1) is 23.9. The Morgan fingerprint density at radius 1 is 1.00 bits per heavy atom. The second-order valence-electron chi connectivity index (χ2n) is 12.5. The molecule has 0 unspecified atom stereocenters. The molecule has 2 aromatic rings. The van der Waals surface area contributed by atoms with E-state index in [2.05, 4.69) is 0 Å². The van der Waals surface area contributed by atoms with Crippen LogP contribution in [-0.4, -0.2) is 119 Å². The fraction of sp³-hybridized carbons (Fsp3) is 0.324. The quantitative estimate of drug-likeness (QED) is 0.123. The number of anilines is 2. The number of likely N-dealkylation sites (N-methyl/N-ethyl adjacent to an activating group) is 1. The average Bonchev–Trinajstić information content (AvgIpc) is 3.57. The first kappa shape index (κ1) is 41.1. The van der Waals surface area contributed by atoms with Crippen LogP contribution >= 0.6 is 10.6 Å². The summed E-state index contributed by atoms with van der Waals surface area (Å²) in [4.78, 5) is 69.2. The summed E-state index contributed by atoms with van der Waals surface area (Å²) in [7, 11) is -6.19. The molecule has 3 aliphatic rings. The third-order valence-corrected chi connectivity index (χ3v) is 11.4. The van der Waals surface area contributed by atoms with Gasteiger partial charge in [-0.25, -0.2) is 4.79 Å². The number of nitrogens with zero attached hydrogens (tertiary/aromatic N) is 3. The number of ketones is 1. The number of hydrogen-bond donors (Lipinski definition) is 3. The minimum absolute atomic E-state index is 0. The van der Waals surface area contributed by atoms with E-state index >= 15 is 0 Å². The van der Waals surface area contributed by atoms with Crippen LogP contribution in [0.3, 0.4) is 0 Å². The van der Waals surface area contributed by atoms with Gasteiger partial charge in [-0.2, -0.15) is 8.42 Å². The summed E-state index contributed by atoms with van der Waals surface area (Å²) >= 11 is 0. The van der Waals surface area contributed by atoms with Crippen LogP contribution in [-0.2, 0) is 44.3 Å². The number of carbonyl (C=O) groups excluding carboxylic acids is 5. The molecule has 3 aliphatic heterocycles. The fourth-order valence-corrected chi connectivity index (χ4v) is 8.11. The number of benzene rings is 2. The number of rotatable bonds is 12. The SMILES string of the molecule is CN(C(=O)COCC(=O)ON1C(=O)CCC1=O)c1ccc2c(c1)C(C)(C)C(=CC=CC=C1C(=O)c3ccccc3S1(O)O)N2CCCS(=O)(=O)O.[NaH]. The van der Waals surface area contributed by atoms with Crippen molar-refractivity contribution in [2.45, 2.75) is 43.4 Å². The van der Waals surface area contributed by atoms with Crippen molar-refractivity contribution in [2.24, 2.45) is 0 Å². The predicted molar refractivity (Wildman–Crippen MR) is 194 cm³/mol. The van der Waals surface area contributed by atoms with E-state index in [0.29, 0.717) is 10.8 Å². The van der Waals surface area contributed by atoms with Gasteiger partial charge in [0.2, 0.25) is 5.78 Å². The summed E-state index contributed by atoms with van der Waals surface area (Å²) in [5.74, 6) is -3.75. The maximum atomic E-state index is 13.0. The summed E-state index contributed by atoms with van der Waals surface area (Å²) in [6.07, 6.45) is 6.24. The molecule has 3 heterocycles. The van der Waals surface area contributed by atoms with Crippen molar-refractivity contribution in [2.75, 3.05) is 42.4 Å². The number of fused-ring (bicyclic) bond motifs is 2. The van der Waals surface area contributed by atoms with Crippen molar-refractivity contribution < 1.29 is 55.6 Å². The number of ether oxygens (including phenoxy) is 1. The van der Waals surface area contributed by atoms with Crippen LogP contribution in [0.15, 0.2) is 82.3 Å². The van der Waals surface area contributed by atoms with Gasteiger partial charge < -0.3 is 19.4 Å². The molecule has 0 radical (unpaired) electrons. The van der Waals surface area contributed by atoms with Crippen molar-refractivity contribution >= 4 is 91.1 Å². The van der Waals surface area contributed by atoms with Crippen LogP contribution in [0, 0.1) is 0 Å². The van der Waals surface area contributed by atoms with Crippen molar-refractivity contribution in [1.29, 1.82) is 0 Å². The third kappa shape index (κ3) is 8.59. The molecule has 18 heteroatoms. The van der Waals surface area contributed by atoms with E-state index in [9.17, 15) is 46.0 Å². The predicted octanol–water partition coefficient (Wildman–Crippen LogP) is 3.33.